The average molecular weight is 479 g/mol. The zero-order valence-electron chi connectivity index (χ0n) is 16.8. The van der Waals surface area contributed by atoms with Crippen molar-refractivity contribution in [2.75, 3.05) is 19.5 Å². The Morgan fingerprint density at radius 1 is 1.03 bits per heavy atom. The molecule has 0 bridgehead atoms. The molecule has 0 saturated carbocycles. The molecule has 0 atom stereocenters. The highest BCUT2D eigenvalue weighted by molar-refractivity contribution is 7.89. The number of amides is 1. The third-order valence-electron chi connectivity index (χ3n) is 4.57. The number of carbonyl (C=O) groups is 1. The zero-order valence-corrected chi connectivity index (χ0v) is 19.1. The van der Waals surface area contributed by atoms with Gasteiger partial charge in [-0.05, 0) is 48.5 Å². The van der Waals surface area contributed by atoms with Gasteiger partial charge >= 0.3 is 0 Å². The summed E-state index contributed by atoms with van der Waals surface area (Å²) in [5.41, 5.74) is 1.28. The van der Waals surface area contributed by atoms with E-state index < -0.39 is 15.9 Å². The van der Waals surface area contributed by atoms with Crippen LogP contribution in [0, 0.1) is 0 Å². The van der Waals surface area contributed by atoms with E-state index in [1.165, 1.54) is 36.7 Å². The highest BCUT2D eigenvalue weighted by atomic mass is 35.5. The Hall–Kier alpha value is -2.58. The number of methoxy groups -OCH3 is 1. The molecule has 0 aliphatic rings. The summed E-state index contributed by atoms with van der Waals surface area (Å²) in [6.45, 7) is 0.0171. The maximum absolute atomic E-state index is 12.8. The fraction of sp³-hybridized carbons (Fsp3) is 0.136. The summed E-state index contributed by atoms with van der Waals surface area (Å²) in [6, 6.07) is 17.7. The first-order chi connectivity index (χ1) is 14.7. The summed E-state index contributed by atoms with van der Waals surface area (Å²) in [7, 11) is -0.748. The predicted octanol–water partition coefficient (Wildman–Crippen LogP) is 5.08. The molecule has 6 nitrogen and oxygen atoms in total. The molecule has 1 amide bonds. The lowest BCUT2D eigenvalue weighted by Crippen LogP contribution is -2.27. The van der Waals surface area contributed by atoms with Crippen molar-refractivity contribution in [1.29, 1.82) is 0 Å². The van der Waals surface area contributed by atoms with E-state index in [4.69, 9.17) is 27.9 Å². The van der Waals surface area contributed by atoms with Crippen LogP contribution in [-0.2, 0) is 16.6 Å². The molecule has 9 heteroatoms. The molecule has 0 fully saturated rings. The molecule has 0 aliphatic heterocycles. The molecule has 3 aromatic carbocycles. The van der Waals surface area contributed by atoms with Crippen LogP contribution in [0.5, 0.6) is 5.75 Å². The van der Waals surface area contributed by atoms with Crippen molar-refractivity contribution in [3.05, 3.63) is 87.9 Å². The number of anilines is 1. The molecule has 3 rings (SSSR count). The molecule has 0 unspecified atom stereocenters. The van der Waals surface area contributed by atoms with Gasteiger partial charge < -0.3 is 10.1 Å². The minimum atomic E-state index is -3.71. The number of hydrogen-bond acceptors (Lipinski definition) is 4. The zero-order chi connectivity index (χ0) is 22.6. The average Bonchev–Trinajstić information content (AvgIpc) is 2.76. The maximum atomic E-state index is 12.8. The molecule has 0 aliphatic carbocycles. The topological polar surface area (TPSA) is 75.7 Å². The number of ether oxygens (including phenoxy) is 1. The molecule has 0 radical (unpaired) electrons. The Balaban J connectivity index is 1.86. The second-order valence-corrected chi connectivity index (χ2v) is 9.57. The lowest BCUT2D eigenvalue weighted by Gasteiger charge is -2.19. The molecule has 31 heavy (non-hydrogen) atoms. The molecular formula is C22H20Cl2N2O4S. The predicted molar refractivity (Wildman–Crippen MR) is 123 cm³/mol. The van der Waals surface area contributed by atoms with Crippen molar-refractivity contribution in [3.8, 4) is 5.75 Å². The van der Waals surface area contributed by atoms with Crippen molar-refractivity contribution in [3.63, 3.8) is 0 Å². The first-order valence-electron chi connectivity index (χ1n) is 9.17. The van der Waals surface area contributed by atoms with Crippen LogP contribution >= 0.6 is 23.2 Å². The summed E-state index contributed by atoms with van der Waals surface area (Å²) in [5.74, 6) is 0.0675. The number of rotatable bonds is 7. The molecule has 0 aromatic heterocycles. The highest BCUT2D eigenvalue weighted by Crippen LogP contribution is 2.27. The van der Waals surface area contributed by atoms with Crippen LogP contribution in [0.2, 0.25) is 10.0 Å². The van der Waals surface area contributed by atoms with Crippen LogP contribution in [0.1, 0.15) is 15.9 Å². The van der Waals surface area contributed by atoms with E-state index in [2.05, 4.69) is 5.32 Å². The van der Waals surface area contributed by atoms with E-state index in [0.717, 1.165) is 0 Å². The normalized spacial score (nSPS) is 11.4. The lowest BCUT2D eigenvalue weighted by molar-refractivity contribution is 0.102. The number of hydrogen-bond donors (Lipinski definition) is 1. The number of nitrogens with one attached hydrogen (secondary N) is 1. The van der Waals surface area contributed by atoms with E-state index in [9.17, 15) is 13.2 Å². The van der Waals surface area contributed by atoms with E-state index in [1.807, 2.05) is 0 Å². The fourth-order valence-electron chi connectivity index (χ4n) is 2.93. The van der Waals surface area contributed by atoms with E-state index in [0.29, 0.717) is 32.6 Å². The van der Waals surface area contributed by atoms with Gasteiger partial charge in [-0.3, -0.25) is 4.79 Å². The van der Waals surface area contributed by atoms with Gasteiger partial charge in [-0.1, -0.05) is 41.4 Å². The van der Waals surface area contributed by atoms with Gasteiger partial charge in [-0.25, -0.2) is 8.42 Å². The minimum absolute atomic E-state index is 0.0171. The van der Waals surface area contributed by atoms with Gasteiger partial charge in [0.15, 0.2) is 0 Å². The monoisotopic (exact) mass is 478 g/mol. The van der Waals surface area contributed by atoms with Crippen LogP contribution < -0.4 is 10.1 Å². The molecule has 162 valence electrons. The molecule has 0 saturated heterocycles. The van der Waals surface area contributed by atoms with Crippen LogP contribution in [0.25, 0.3) is 0 Å². The number of sulfonamides is 1. The number of carbonyl (C=O) groups excluding carboxylic acids is 1. The van der Waals surface area contributed by atoms with Crippen molar-refractivity contribution >= 4 is 44.8 Å². The van der Waals surface area contributed by atoms with Crippen molar-refractivity contribution < 1.29 is 17.9 Å². The Kier molecular flexibility index (Phi) is 7.23. The third-order valence-corrected chi connectivity index (χ3v) is 6.93. The maximum Gasteiger partial charge on any atom is 0.255 e. The first-order valence-corrected chi connectivity index (χ1v) is 11.4. The Bertz CT molecular complexity index is 1200. The number of benzene rings is 3. The van der Waals surface area contributed by atoms with E-state index in [1.54, 1.807) is 48.5 Å². The summed E-state index contributed by atoms with van der Waals surface area (Å²) >= 11 is 12.0. The van der Waals surface area contributed by atoms with Gasteiger partial charge in [0.25, 0.3) is 5.91 Å². The largest absolute Gasteiger partial charge is 0.496 e. The molecule has 0 heterocycles. The molecule has 0 spiro atoms. The first kappa shape index (κ1) is 23.1. The van der Waals surface area contributed by atoms with Gasteiger partial charge in [-0.15, -0.1) is 0 Å². The number of nitrogens with zero attached hydrogens (tertiary/aromatic N) is 1. The van der Waals surface area contributed by atoms with E-state index in [-0.39, 0.29) is 11.4 Å². The van der Waals surface area contributed by atoms with Gasteiger partial charge in [0, 0.05) is 29.7 Å². The lowest BCUT2D eigenvalue weighted by atomic mass is 10.1. The fourth-order valence-corrected chi connectivity index (χ4v) is 4.55. The minimum Gasteiger partial charge on any atom is -0.496 e. The Morgan fingerprint density at radius 2 is 1.74 bits per heavy atom. The molecule has 1 N–H and O–H groups in total. The summed E-state index contributed by atoms with van der Waals surface area (Å²) < 4.78 is 32.3. The van der Waals surface area contributed by atoms with Gasteiger partial charge in [0.2, 0.25) is 10.0 Å². The van der Waals surface area contributed by atoms with Crippen LogP contribution in [-0.4, -0.2) is 32.8 Å². The summed E-state index contributed by atoms with van der Waals surface area (Å²) in [5, 5.41) is 3.49. The third kappa shape index (κ3) is 5.37. The summed E-state index contributed by atoms with van der Waals surface area (Å²) in [6.07, 6.45) is 0. The second-order valence-electron chi connectivity index (χ2n) is 6.68. The highest BCUT2D eigenvalue weighted by Gasteiger charge is 2.22. The van der Waals surface area contributed by atoms with Gasteiger partial charge in [0.1, 0.15) is 5.75 Å². The Morgan fingerprint density at radius 3 is 2.39 bits per heavy atom. The second kappa shape index (κ2) is 9.70. The van der Waals surface area contributed by atoms with Crippen LogP contribution in [0.15, 0.2) is 71.6 Å². The standard InChI is InChI=1S/C22H20Cl2N2O4S/c1-26(31(28,29)18-6-4-3-5-7-18)14-16-12-15(8-11-21(16)30-2)22(27)25-20-10-9-17(23)13-19(20)24/h3-13H,14H2,1-2H3,(H,25,27). The van der Waals surface area contributed by atoms with Crippen molar-refractivity contribution in [2.45, 2.75) is 11.4 Å². The molecule has 3 aromatic rings. The number of halogens is 2. The van der Waals surface area contributed by atoms with E-state index >= 15 is 0 Å². The Labute approximate surface area is 191 Å². The quantitative estimate of drug-likeness (QED) is 0.513. The smallest absolute Gasteiger partial charge is 0.255 e. The van der Waals surface area contributed by atoms with Crippen molar-refractivity contribution in [1.82, 2.24) is 4.31 Å². The summed E-state index contributed by atoms with van der Waals surface area (Å²) in [4.78, 5) is 12.9. The van der Waals surface area contributed by atoms with Crippen LogP contribution in [0.4, 0.5) is 5.69 Å². The van der Waals surface area contributed by atoms with Crippen LogP contribution in [0.3, 0.4) is 0 Å². The van der Waals surface area contributed by atoms with Gasteiger partial charge in [0.05, 0.1) is 22.7 Å². The van der Waals surface area contributed by atoms with Crippen molar-refractivity contribution in [2.24, 2.45) is 0 Å². The van der Waals surface area contributed by atoms with Gasteiger partial charge in [-0.2, -0.15) is 4.31 Å². The molecular weight excluding hydrogens is 459 g/mol. The SMILES string of the molecule is COc1ccc(C(=O)Nc2ccc(Cl)cc2Cl)cc1CN(C)S(=O)(=O)c1ccccc1.